The van der Waals surface area contributed by atoms with E-state index in [0.29, 0.717) is 12.5 Å². The zero-order valence-electron chi connectivity index (χ0n) is 6.37. The maximum absolute atomic E-state index is 9.93. The molecule has 0 aliphatic carbocycles. The summed E-state index contributed by atoms with van der Waals surface area (Å²) in [5.74, 6) is 0.635. The van der Waals surface area contributed by atoms with Crippen LogP contribution in [0.1, 0.15) is 26.7 Å². The molecular formula is C6H14O3S. The van der Waals surface area contributed by atoms with Crippen molar-refractivity contribution in [2.75, 3.05) is 6.61 Å². The highest BCUT2D eigenvalue weighted by molar-refractivity contribution is 7.74. The van der Waals surface area contributed by atoms with Gasteiger partial charge in [-0.05, 0) is 18.8 Å². The van der Waals surface area contributed by atoms with Crippen LogP contribution < -0.4 is 0 Å². The number of rotatable bonds is 5. The maximum Gasteiger partial charge on any atom is 0.301 e. The molecule has 0 aromatic rings. The van der Waals surface area contributed by atoms with Gasteiger partial charge in [0.05, 0.1) is 6.61 Å². The molecule has 0 radical (unpaired) electrons. The zero-order valence-corrected chi connectivity index (χ0v) is 7.19. The van der Waals surface area contributed by atoms with Crippen molar-refractivity contribution in [2.45, 2.75) is 26.7 Å². The minimum absolute atomic E-state index is 0.376. The average molecular weight is 166 g/mol. The summed E-state index contributed by atoms with van der Waals surface area (Å²) in [6.07, 6.45) is 1.89. The van der Waals surface area contributed by atoms with E-state index in [-0.39, 0.29) is 0 Å². The fourth-order valence-electron chi connectivity index (χ4n) is 0.622. The molecule has 4 heteroatoms. The summed E-state index contributed by atoms with van der Waals surface area (Å²) in [4.78, 5) is 0. The molecule has 0 aromatic heterocycles. The predicted octanol–water partition coefficient (Wildman–Crippen LogP) is 1.58. The molecule has 0 bridgehead atoms. The lowest BCUT2D eigenvalue weighted by Gasteiger charge is -2.01. The lowest BCUT2D eigenvalue weighted by molar-refractivity contribution is 0.291. The first-order valence-corrected chi connectivity index (χ1v) is 4.40. The van der Waals surface area contributed by atoms with Gasteiger partial charge in [-0.2, -0.15) is 4.21 Å². The topological polar surface area (TPSA) is 46.5 Å². The summed E-state index contributed by atoms with van der Waals surface area (Å²) in [6.45, 7) is 4.59. The first kappa shape index (κ1) is 10.1. The third-order valence-electron chi connectivity index (χ3n) is 1.11. The second-order valence-corrected chi connectivity index (χ2v) is 3.25. The van der Waals surface area contributed by atoms with Gasteiger partial charge in [-0.1, -0.05) is 13.8 Å². The minimum Gasteiger partial charge on any atom is -0.284 e. The Bertz CT molecular complexity index is 103. The highest BCUT2D eigenvalue weighted by Crippen LogP contribution is 2.03. The second-order valence-electron chi connectivity index (χ2n) is 2.58. The SMILES string of the molecule is CC(C)CCCOS(=O)O. The molecule has 0 saturated carbocycles. The van der Waals surface area contributed by atoms with Gasteiger partial charge in [-0.25, -0.2) is 0 Å². The Labute approximate surface area is 64.3 Å². The van der Waals surface area contributed by atoms with Crippen LogP contribution in [0.3, 0.4) is 0 Å². The number of hydrogen-bond acceptors (Lipinski definition) is 2. The fourth-order valence-corrected chi connectivity index (χ4v) is 0.882. The van der Waals surface area contributed by atoms with E-state index in [1.54, 1.807) is 0 Å². The van der Waals surface area contributed by atoms with Gasteiger partial charge in [0, 0.05) is 0 Å². The van der Waals surface area contributed by atoms with Gasteiger partial charge < -0.3 is 0 Å². The molecule has 1 unspecified atom stereocenters. The summed E-state index contributed by atoms with van der Waals surface area (Å²) in [7, 11) is 0. The lowest BCUT2D eigenvalue weighted by Crippen LogP contribution is -1.98. The van der Waals surface area contributed by atoms with Gasteiger partial charge in [-0.15, -0.1) is 0 Å². The molecular weight excluding hydrogens is 152 g/mol. The van der Waals surface area contributed by atoms with Gasteiger partial charge in [-0.3, -0.25) is 8.74 Å². The number of hydrogen-bond donors (Lipinski definition) is 1. The molecule has 0 fully saturated rings. The van der Waals surface area contributed by atoms with Gasteiger partial charge in [0.15, 0.2) is 0 Å². The Morgan fingerprint density at radius 1 is 1.60 bits per heavy atom. The molecule has 62 valence electrons. The minimum atomic E-state index is -2.08. The molecule has 1 N–H and O–H groups in total. The molecule has 0 spiro atoms. The standard InChI is InChI=1S/C6H14O3S/c1-6(2)4-3-5-9-10(7)8/h6H,3-5H2,1-2H3,(H,7,8). The van der Waals surface area contributed by atoms with E-state index < -0.39 is 11.4 Å². The van der Waals surface area contributed by atoms with Gasteiger partial charge >= 0.3 is 11.4 Å². The van der Waals surface area contributed by atoms with E-state index in [1.165, 1.54) is 0 Å². The Kier molecular flexibility index (Phi) is 5.87. The van der Waals surface area contributed by atoms with Crippen molar-refractivity contribution in [3.05, 3.63) is 0 Å². The third-order valence-corrected chi connectivity index (χ3v) is 1.48. The molecule has 0 heterocycles. The highest BCUT2D eigenvalue weighted by atomic mass is 32.2. The van der Waals surface area contributed by atoms with Crippen molar-refractivity contribution in [3.63, 3.8) is 0 Å². The van der Waals surface area contributed by atoms with Crippen LogP contribution in [0.4, 0.5) is 0 Å². The van der Waals surface area contributed by atoms with Crippen molar-refractivity contribution in [1.82, 2.24) is 0 Å². The molecule has 0 amide bonds. The van der Waals surface area contributed by atoms with Crippen molar-refractivity contribution in [2.24, 2.45) is 5.92 Å². The van der Waals surface area contributed by atoms with Gasteiger partial charge in [0.2, 0.25) is 0 Å². The summed E-state index contributed by atoms with van der Waals surface area (Å²) in [5, 5.41) is 0. The van der Waals surface area contributed by atoms with E-state index in [1.807, 2.05) is 0 Å². The van der Waals surface area contributed by atoms with Crippen molar-refractivity contribution in [3.8, 4) is 0 Å². The van der Waals surface area contributed by atoms with Gasteiger partial charge in [0.25, 0.3) is 0 Å². The van der Waals surface area contributed by atoms with E-state index in [4.69, 9.17) is 4.55 Å². The van der Waals surface area contributed by atoms with E-state index in [0.717, 1.165) is 12.8 Å². The van der Waals surface area contributed by atoms with Crippen LogP contribution >= 0.6 is 0 Å². The predicted molar refractivity (Wildman–Crippen MR) is 40.8 cm³/mol. The Hall–Kier alpha value is 0.0700. The zero-order chi connectivity index (χ0) is 7.98. The second kappa shape index (κ2) is 5.82. The quantitative estimate of drug-likeness (QED) is 0.498. The summed E-state index contributed by atoms with van der Waals surface area (Å²) in [6, 6.07) is 0. The van der Waals surface area contributed by atoms with Crippen LogP contribution in [0.25, 0.3) is 0 Å². The van der Waals surface area contributed by atoms with Crippen LogP contribution in [0.15, 0.2) is 0 Å². The Morgan fingerprint density at radius 2 is 2.20 bits per heavy atom. The monoisotopic (exact) mass is 166 g/mol. The van der Waals surface area contributed by atoms with Crippen LogP contribution in [0, 0.1) is 5.92 Å². The van der Waals surface area contributed by atoms with Crippen LogP contribution in [-0.4, -0.2) is 15.4 Å². The summed E-state index contributed by atoms with van der Waals surface area (Å²) >= 11 is -2.08. The molecule has 10 heavy (non-hydrogen) atoms. The summed E-state index contributed by atoms with van der Waals surface area (Å²) in [5.41, 5.74) is 0. The first-order chi connectivity index (χ1) is 4.63. The van der Waals surface area contributed by atoms with Crippen LogP contribution in [0.2, 0.25) is 0 Å². The van der Waals surface area contributed by atoms with Crippen LogP contribution in [0.5, 0.6) is 0 Å². The van der Waals surface area contributed by atoms with E-state index >= 15 is 0 Å². The smallest absolute Gasteiger partial charge is 0.284 e. The Balaban J connectivity index is 2.98. The maximum atomic E-state index is 9.93. The van der Waals surface area contributed by atoms with Crippen LogP contribution in [-0.2, 0) is 15.5 Å². The molecule has 1 atom stereocenters. The van der Waals surface area contributed by atoms with Crippen molar-refractivity contribution < 1.29 is 12.9 Å². The van der Waals surface area contributed by atoms with E-state index in [9.17, 15) is 4.21 Å². The molecule has 0 aliphatic rings. The van der Waals surface area contributed by atoms with E-state index in [2.05, 4.69) is 18.0 Å². The Morgan fingerprint density at radius 3 is 2.60 bits per heavy atom. The van der Waals surface area contributed by atoms with Crippen molar-refractivity contribution >= 4 is 11.4 Å². The molecule has 3 nitrogen and oxygen atoms in total. The summed E-state index contributed by atoms with van der Waals surface area (Å²) < 4.78 is 22.5. The van der Waals surface area contributed by atoms with Gasteiger partial charge in [0.1, 0.15) is 0 Å². The highest BCUT2D eigenvalue weighted by Gasteiger charge is 1.95. The average Bonchev–Trinajstić information content (AvgIpc) is 1.79. The fraction of sp³-hybridized carbons (Fsp3) is 1.00. The molecule has 0 saturated heterocycles. The normalized spacial score (nSPS) is 14.0. The molecule has 0 rings (SSSR count). The molecule has 0 aliphatic heterocycles. The third kappa shape index (κ3) is 8.07. The van der Waals surface area contributed by atoms with Crippen molar-refractivity contribution in [1.29, 1.82) is 0 Å². The molecule has 0 aromatic carbocycles. The lowest BCUT2D eigenvalue weighted by atomic mass is 10.1. The largest absolute Gasteiger partial charge is 0.301 e. The first-order valence-electron chi connectivity index (χ1n) is 3.37.